The Hall–Kier alpha value is -1.97. The number of aryl methyl sites for hydroxylation is 2. The predicted molar refractivity (Wildman–Crippen MR) is 82.4 cm³/mol. The summed E-state index contributed by atoms with van der Waals surface area (Å²) in [7, 11) is 1.69. The summed E-state index contributed by atoms with van der Waals surface area (Å²) in [5.41, 5.74) is 2.36. The maximum atomic E-state index is 5.16. The number of benzene rings is 1. The maximum Gasteiger partial charge on any atom is 0.203 e. The average molecular weight is 273 g/mol. The Bertz CT molecular complexity index is 531. The van der Waals surface area contributed by atoms with Gasteiger partial charge in [0.05, 0.1) is 12.8 Å². The molecule has 0 atom stereocenters. The zero-order valence-corrected chi connectivity index (χ0v) is 12.5. The van der Waals surface area contributed by atoms with Gasteiger partial charge < -0.3 is 14.6 Å². The molecule has 1 N–H and O–H groups in total. The molecule has 1 aromatic carbocycles. The lowest BCUT2D eigenvalue weighted by Crippen LogP contribution is -2.10. The second kappa shape index (κ2) is 6.98. The molecule has 0 amide bonds. The molecule has 4 heteroatoms. The fraction of sp³-hybridized carbons (Fsp3) is 0.438. The van der Waals surface area contributed by atoms with Crippen LogP contribution < -0.4 is 10.1 Å². The molecule has 0 aliphatic heterocycles. The minimum absolute atomic E-state index is 0.881. The second-order valence-corrected chi connectivity index (χ2v) is 4.92. The number of aromatic nitrogens is 2. The first-order chi connectivity index (χ1) is 9.72. The normalized spacial score (nSPS) is 10.6. The maximum absolute atomic E-state index is 5.16. The molecule has 0 spiro atoms. The van der Waals surface area contributed by atoms with Crippen LogP contribution in [0.15, 0.2) is 30.5 Å². The molecular formula is C16H23N3O. The Labute approximate surface area is 120 Å². The van der Waals surface area contributed by atoms with Crippen LogP contribution in [0.3, 0.4) is 0 Å². The highest BCUT2D eigenvalue weighted by Gasteiger charge is 2.04. The fourth-order valence-electron chi connectivity index (χ4n) is 2.21. The summed E-state index contributed by atoms with van der Waals surface area (Å²) in [6, 6.07) is 8.20. The van der Waals surface area contributed by atoms with Gasteiger partial charge in [0.25, 0.3) is 0 Å². The summed E-state index contributed by atoms with van der Waals surface area (Å²) in [4.78, 5) is 4.52. The van der Waals surface area contributed by atoms with E-state index < -0.39 is 0 Å². The Kier molecular flexibility index (Phi) is 5.04. The van der Waals surface area contributed by atoms with Crippen molar-refractivity contribution in [3.63, 3.8) is 0 Å². The Morgan fingerprint density at radius 3 is 2.65 bits per heavy atom. The SMILES string of the molecule is CCCn1cc(C)nc1NCCc1ccc(OC)cc1. The van der Waals surface area contributed by atoms with Crippen molar-refractivity contribution in [3.05, 3.63) is 41.7 Å². The summed E-state index contributed by atoms with van der Waals surface area (Å²) >= 11 is 0. The van der Waals surface area contributed by atoms with E-state index in [4.69, 9.17) is 4.74 Å². The van der Waals surface area contributed by atoms with Crippen LogP contribution >= 0.6 is 0 Å². The van der Waals surface area contributed by atoms with Gasteiger partial charge in [-0.2, -0.15) is 0 Å². The molecule has 4 nitrogen and oxygen atoms in total. The Morgan fingerprint density at radius 1 is 1.25 bits per heavy atom. The van der Waals surface area contributed by atoms with Crippen LogP contribution in [0.2, 0.25) is 0 Å². The van der Waals surface area contributed by atoms with E-state index in [0.717, 1.165) is 43.3 Å². The number of hydrogen-bond donors (Lipinski definition) is 1. The molecular weight excluding hydrogens is 250 g/mol. The van der Waals surface area contributed by atoms with Crippen LogP contribution in [0.5, 0.6) is 5.75 Å². The number of nitrogens with zero attached hydrogens (tertiary/aromatic N) is 2. The van der Waals surface area contributed by atoms with E-state index >= 15 is 0 Å². The van der Waals surface area contributed by atoms with Gasteiger partial charge in [-0.3, -0.25) is 0 Å². The average Bonchev–Trinajstić information content (AvgIpc) is 2.80. The highest BCUT2D eigenvalue weighted by molar-refractivity contribution is 5.31. The molecule has 0 saturated carbocycles. The highest BCUT2D eigenvalue weighted by Crippen LogP contribution is 2.13. The first-order valence-electron chi connectivity index (χ1n) is 7.13. The van der Waals surface area contributed by atoms with Crippen LogP contribution in [0.25, 0.3) is 0 Å². The number of ether oxygens (including phenoxy) is 1. The molecule has 2 aromatic rings. The lowest BCUT2D eigenvalue weighted by atomic mass is 10.1. The zero-order valence-electron chi connectivity index (χ0n) is 12.5. The Balaban J connectivity index is 1.88. The van der Waals surface area contributed by atoms with Crippen molar-refractivity contribution in [1.29, 1.82) is 0 Å². The minimum atomic E-state index is 0.881. The van der Waals surface area contributed by atoms with Crippen molar-refractivity contribution in [1.82, 2.24) is 9.55 Å². The molecule has 0 bridgehead atoms. The standard InChI is InChI=1S/C16H23N3O/c1-4-11-19-12-13(2)18-16(19)17-10-9-14-5-7-15(20-3)8-6-14/h5-8,12H,4,9-11H2,1-3H3,(H,17,18). The lowest BCUT2D eigenvalue weighted by Gasteiger charge is -2.09. The van der Waals surface area contributed by atoms with Crippen molar-refractivity contribution >= 4 is 5.95 Å². The molecule has 2 rings (SSSR count). The summed E-state index contributed by atoms with van der Waals surface area (Å²) in [5, 5.41) is 3.42. The van der Waals surface area contributed by atoms with E-state index in [1.807, 2.05) is 19.1 Å². The molecule has 0 radical (unpaired) electrons. The van der Waals surface area contributed by atoms with E-state index in [9.17, 15) is 0 Å². The summed E-state index contributed by atoms with van der Waals surface area (Å²) in [6.45, 7) is 6.09. The van der Waals surface area contributed by atoms with Gasteiger partial charge in [-0.15, -0.1) is 0 Å². The van der Waals surface area contributed by atoms with Gasteiger partial charge in [0, 0.05) is 19.3 Å². The van der Waals surface area contributed by atoms with Gasteiger partial charge in [-0.1, -0.05) is 19.1 Å². The third-order valence-electron chi connectivity index (χ3n) is 3.22. The molecule has 0 saturated heterocycles. The number of nitrogens with one attached hydrogen (secondary N) is 1. The molecule has 0 fully saturated rings. The van der Waals surface area contributed by atoms with Crippen LogP contribution in [-0.2, 0) is 13.0 Å². The monoisotopic (exact) mass is 273 g/mol. The highest BCUT2D eigenvalue weighted by atomic mass is 16.5. The van der Waals surface area contributed by atoms with Crippen LogP contribution in [0.1, 0.15) is 24.6 Å². The number of imidazole rings is 1. The predicted octanol–water partition coefficient (Wildman–Crippen LogP) is 3.26. The molecule has 0 aliphatic carbocycles. The minimum Gasteiger partial charge on any atom is -0.497 e. The van der Waals surface area contributed by atoms with E-state index in [1.54, 1.807) is 7.11 Å². The number of rotatable bonds is 7. The van der Waals surface area contributed by atoms with Crippen molar-refractivity contribution in [3.8, 4) is 5.75 Å². The lowest BCUT2D eigenvalue weighted by molar-refractivity contribution is 0.414. The first-order valence-corrected chi connectivity index (χ1v) is 7.13. The second-order valence-electron chi connectivity index (χ2n) is 4.92. The molecule has 1 heterocycles. The van der Waals surface area contributed by atoms with Crippen molar-refractivity contribution in [2.75, 3.05) is 19.0 Å². The van der Waals surface area contributed by atoms with Crippen LogP contribution in [-0.4, -0.2) is 23.2 Å². The largest absolute Gasteiger partial charge is 0.497 e. The molecule has 108 valence electrons. The van der Waals surface area contributed by atoms with Gasteiger partial charge in [-0.05, 0) is 37.5 Å². The first kappa shape index (κ1) is 14.4. The fourth-order valence-corrected chi connectivity index (χ4v) is 2.21. The van der Waals surface area contributed by atoms with Crippen molar-refractivity contribution < 1.29 is 4.74 Å². The molecule has 0 aliphatic rings. The van der Waals surface area contributed by atoms with E-state index in [-0.39, 0.29) is 0 Å². The number of anilines is 1. The number of methoxy groups -OCH3 is 1. The zero-order chi connectivity index (χ0) is 14.4. The summed E-state index contributed by atoms with van der Waals surface area (Å²) < 4.78 is 7.34. The van der Waals surface area contributed by atoms with E-state index in [1.165, 1.54) is 5.56 Å². The Morgan fingerprint density at radius 2 is 2.00 bits per heavy atom. The third-order valence-corrected chi connectivity index (χ3v) is 3.22. The van der Waals surface area contributed by atoms with Crippen LogP contribution in [0.4, 0.5) is 5.95 Å². The van der Waals surface area contributed by atoms with Gasteiger partial charge in [0.1, 0.15) is 5.75 Å². The third kappa shape index (κ3) is 3.76. The van der Waals surface area contributed by atoms with Gasteiger partial charge in [-0.25, -0.2) is 4.98 Å². The summed E-state index contributed by atoms with van der Waals surface area (Å²) in [6.07, 6.45) is 4.18. The topological polar surface area (TPSA) is 39.1 Å². The van der Waals surface area contributed by atoms with Gasteiger partial charge in [0.15, 0.2) is 0 Å². The quantitative estimate of drug-likeness (QED) is 0.841. The smallest absolute Gasteiger partial charge is 0.203 e. The van der Waals surface area contributed by atoms with Gasteiger partial charge in [0.2, 0.25) is 5.95 Å². The van der Waals surface area contributed by atoms with Crippen molar-refractivity contribution in [2.45, 2.75) is 33.2 Å². The van der Waals surface area contributed by atoms with Crippen LogP contribution in [0, 0.1) is 6.92 Å². The molecule has 20 heavy (non-hydrogen) atoms. The summed E-state index contributed by atoms with van der Waals surface area (Å²) in [5.74, 6) is 1.87. The van der Waals surface area contributed by atoms with E-state index in [0.29, 0.717) is 0 Å². The van der Waals surface area contributed by atoms with Crippen molar-refractivity contribution in [2.24, 2.45) is 0 Å². The number of hydrogen-bond acceptors (Lipinski definition) is 3. The molecule has 0 unspecified atom stereocenters. The van der Waals surface area contributed by atoms with Gasteiger partial charge >= 0.3 is 0 Å². The van der Waals surface area contributed by atoms with E-state index in [2.05, 4.69) is 40.1 Å². The molecule has 1 aromatic heterocycles.